The quantitative estimate of drug-likeness (QED) is 0.849. The minimum absolute atomic E-state index is 0.341. The number of hydrogen-bond acceptors (Lipinski definition) is 1. The van der Waals surface area contributed by atoms with Crippen molar-refractivity contribution >= 4 is 15.9 Å². The lowest BCUT2D eigenvalue weighted by atomic mass is 10.2. The van der Waals surface area contributed by atoms with Gasteiger partial charge in [-0.3, -0.25) is 0 Å². The van der Waals surface area contributed by atoms with Crippen LogP contribution < -0.4 is 0 Å². The van der Waals surface area contributed by atoms with E-state index in [2.05, 4.69) is 25.9 Å². The molecule has 0 unspecified atom stereocenters. The van der Waals surface area contributed by atoms with Crippen LogP contribution in [0, 0.1) is 0 Å². The van der Waals surface area contributed by atoms with Crippen LogP contribution in [0.15, 0.2) is 34.9 Å². The number of H-pyrrole nitrogens is 1. The minimum atomic E-state index is -4.44. The highest BCUT2D eigenvalue weighted by Gasteiger charge is 2.34. The lowest BCUT2D eigenvalue weighted by molar-refractivity contribution is -0.144. The first-order valence-electron chi connectivity index (χ1n) is 4.35. The third-order valence-electron chi connectivity index (χ3n) is 1.98. The number of rotatable bonds is 1. The molecule has 0 saturated carbocycles. The smallest absolute Gasteiger partial charge is 0.334 e. The van der Waals surface area contributed by atoms with E-state index in [1.54, 1.807) is 24.3 Å². The number of aromatic nitrogens is 2. The average molecular weight is 291 g/mol. The molecule has 84 valence electrons. The first-order valence-corrected chi connectivity index (χ1v) is 5.14. The summed E-state index contributed by atoms with van der Waals surface area (Å²) < 4.78 is 37.7. The molecule has 0 aliphatic rings. The molecular formula is C10H6BrF3N2. The highest BCUT2D eigenvalue weighted by Crippen LogP contribution is 2.29. The number of hydrogen-bond donors (Lipinski definition) is 1. The van der Waals surface area contributed by atoms with Crippen molar-refractivity contribution in [1.82, 2.24) is 9.97 Å². The zero-order chi connectivity index (χ0) is 11.8. The Morgan fingerprint density at radius 2 is 2.00 bits per heavy atom. The Labute approximate surface area is 97.6 Å². The molecule has 0 aliphatic heterocycles. The minimum Gasteiger partial charge on any atom is -0.334 e. The van der Waals surface area contributed by atoms with E-state index >= 15 is 0 Å². The van der Waals surface area contributed by atoms with Gasteiger partial charge in [0.15, 0.2) is 0 Å². The Morgan fingerprint density at radius 1 is 1.25 bits per heavy atom. The van der Waals surface area contributed by atoms with Gasteiger partial charge in [-0.2, -0.15) is 13.2 Å². The maximum Gasteiger partial charge on any atom is 0.449 e. The topological polar surface area (TPSA) is 28.7 Å². The van der Waals surface area contributed by atoms with E-state index < -0.39 is 12.0 Å². The van der Waals surface area contributed by atoms with Crippen LogP contribution in [-0.2, 0) is 6.18 Å². The molecule has 0 spiro atoms. The molecule has 0 saturated heterocycles. The van der Waals surface area contributed by atoms with E-state index in [4.69, 9.17) is 0 Å². The summed E-state index contributed by atoms with van der Waals surface area (Å²) in [6.07, 6.45) is -3.27. The van der Waals surface area contributed by atoms with Gasteiger partial charge in [-0.05, 0) is 12.1 Å². The van der Waals surface area contributed by atoms with Gasteiger partial charge in [0.1, 0.15) is 0 Å². The fourth-order valence-corrected chi connectivity index (χ4v) is 1.67. The summed E-state index contributed by atoms with van der Waals surface area (Å²) in [6, 6.07) is 6.96. The third-order valence-corrected chi connectivity index (χ3v) is 2.47. The van der Waals surface area contributed by atoms with Crippen molar-refractivity contribution < 1.29 is 13.2 Å². The Balaban J connectivity index is 2.39. The molecule has 0 aliphatic carbocycles. The second-order valence-corrected chi connectivity index (χ2v) is 4.07. The number of nitrogens with one attached hydrogen (secondary N) is 1. The van der Waals surface area contributed by atoms with Gasteiger partial charge in [0.2, 0.25) is 5.82 Å². The van der Waals surface area contributed by atoms with Crippen LogP contribution in [0.25, 0.3) is 11.3 Å². The van der Waals surface area contributed by atoms with E-state index in [-0.39, 0.29) is 0 Å². The van der Waals surface area contributed by atoms with E-state index in [9.17, 15) is 13.2 Å². The Kier molecular flexibility index (Phi) is 2.75. The van der Waals surface area contributed by atoms with Gasteiger partial charge >= 0.3 is 6.18 Å². The van der Waals surface area contributed by atoms with Gasteiger partial charge in [0, 0.05) is 10.0 Å². The summed E-state index contributed by atoms with van der Waals surface area (Å²) in [4.78, 5) is 5.54. The fourth-order valence-electron chi connectivity index (χ4n) is 1.27. The standard InChI is InChI=1S/C10H6BrF3N2/c11-7-3-1-2-6(4-7)8-5-15-9(16-8)10(12,13)14/h1-5H,(H,15,16). The van der Waals surface area contributed by atoms with Crippen LogP contribution in [0.4, 0.5) is 13.2 Å². The second kappa shape index (κ2) is 3.93. The lowest BCUT2D eigenvalue weighted by Crippen LogP contribution is -2.07. The first kappa shape index (κ1) is 11.2. The molecule has 1 N–H and O–H groups in total. The Bertz CT molecular complexity index is 505. The highest BCUT2D eigenvalue weighted by atomic mass is 79.9. The lowest BCUT2D eigenvalue weighted by Gasteiger charge is -2.01. The molecule has 1 heterocycles. The molecule has 0 bridgehead atoms. The molecule has 2 nitrogen and oxygen atoms in total. The van der Waals surface area contributed by atoms with E-state index in [1.807, 2.05) is 0 Å². The molecule has 6 heteroatoms. The number of nitrogens with zero attached hydrogens (tertiary/aromatic N) is 1. The van der Waals surface area contributed by atoms with Gasteiger partial charge in [-0.25, -0.2) is 4.98 Å². The van der Waals surface area contributed by atoms with Gasteiger partial charge in [0.25, 0.3) is 0 Å². The summed E-state index contributed by atoms with van der Waals surface area (Å²) in [5.74, 6) is -0.984. The Morgan fingerprint density at radius 3 is 2.56 bits per heavy atom. The zero-order valence-electron chi connectivity index (χ0n) is 7.85. The number of aromatic amines is 1. The van der Waals surface area contributed by atoms with Gasteiger partial charge in [-0.1, -0.05) is 28.1 Å². The van der Waals surface area contributed by atoms with Gasteiger partial charge < -0.3 is 4.98 Å². The molecule has 0 amide bonds. The summed E-state index contributed by atoms with van der Waals surface area (Å²) in [7, 11) is 0. The van der Waals surface area contributed by atoms with Crippen molar-refractivity contribution in [3.63, 3.8) is 0 Å². The molecule has 0 atom stereocenters. The van der Waals surface area contributed by atoms with Gasteiger partial charge in [0.05, 0.1) is 11.9 Å². The average Bonchev–Trinajstić information content (AvgIpc) is 2.65. The van der Waals surface area contributed by atoms with Crippen LogP contribution in [-0.4, -0.2) is 9.97 Å². The monoisotopic (exact) mass is 290 g/mol. The number of alkyl halides is 3. The third kappa shape index (κ3) is 2.27. The SMILES string of the molecule is FC(F)(F)c1ncc(-c2cccc(Br)c2)[nH]1. The fraction of sp³-hybridized carbons (Fsp3) is 0.100. The van der Waals surface area contributed by atoms with Crippen molar-refractivity contribution in [2.24, 2.45) is 0 Å². The number of halogens is 4. The largest absolute Gasteiger partial charge is 0.449 e. The first-order chi connectivity index (χ1) is 7.47. The Hall–Kier alpha value is -1.30. The molecule has 1 aromatic carbocycles. The van der Waals surface area contributed by atoms with Crippen LogP contribution >= 0.6 is 15.9 Å². The predicted octanol–water partition coefficient (Wildman–Crippen LogP) is 3.86. The summed E-state index contributed by atoms with van der Waals surface area (Å²) in [6.45, 7) is 0. The molecular weight excluding hydrogens is 285 g/mol. The summed E-state index contributed by atoms with van der Waals surface area (Å²) in [5, 5.41) is 0. The maximum atomic E-state index is 12.3. The summed E-state index contributed by atoms with van der Waals surface area (Å²) in [5.41, 5.74) is 0.992. The molecule has 16 heavy (non-hydrogen) atoms. The highest BCUT2D eigenvalue weighted by molar-refractivity contribution is 9.10. The molecule has 1 aromatic heterocycles. The molecule has 0 fully saturated rings. The van der Waals surface area contributed by atoms with Crippen molar-refractivity contribution in [1.29, 1.82) is 0 Å². The normalized spacial score (nSPS) is 11.8. The van der Waals surface area contributed by atoms with Crippen LogP contribution in [0.1, 0.15) is 5.82 Å². The van der Waals surface area contributed by atoms with Gasteiger partial charge in [-0.15, -0.1) is 0 Å². The van der Waals surface area contributed by atoms with Crippen LogP contribution in [0.5, 0.6) is 0 Å². The van der Waals surface area contributed by atoms with Crippen molar-refractivity contribution in [2.75, 3.05) is 0 Å². The van der Waals surface area contributed by atoms with Crippen molar-refractivity contribution in [2.45, 2.75) is 6.18 Å². The van der Waals surface area contributed by atoms with E-state index in [0.717, 1.165) is 4.47 Å². The molecule has 2 rings (SSSR count). The molecule has 0 radical (unpaired) electrons. The van der Waals surface area contributed by atoms with Crippen LogP contribution in [0.3, 0.4) is 0 Å². The summed E-state index contributed by atoms with van der Waals surface area (Å²) >= 11 is 3.25. The second-order valence-electron chi connectivity index (χ2n) is 3.15. The number of imidazole rings is 1. The zero-order valence-corrected chi connectivity index (χ0v) is 9.43. The van der Waals surface area contributed by atoms with E-state index in [1.165, 1.54) is 6.20 Å². The van der Waals surface area contributed by atoms with Crippen molar-refractivity contribution in [3.8, 4) is 11.3 Å². The number of benzene rings is 1. The maximum absolute atomic E-state index is 12.3. The predicted molar refractivity (Wildman–Crippen MR) is 56.7 cm³/mol. The van der Waals surface area contributed by atoms with Crippen molar-refractivity contribution in [3.05, 3.63) is 40.8 Å². The molecule has 2 aromatic rings. The van der Waals surface area contributed by atoms with Crippen LogP contribution in [0.2, 0.25) is 0 Å². The van der Waals surface area contributed by atoms with E-state index in [0.29, 0.717) is 11.3 Å².